The van der Waals surface area contributed by atoms with Gasteiger partial charge in [0.15, 0.2) is 9.84 Å². The molecule has 0 saturated carbocycles. The molecule has 0 aliphatic carbocycles. The van der Waals surface area contributed by atoms with Crippen molar-refractivity contribution in [2.75, 3.05) is 5.75 Å². The van der Waals surface area contributed by atoms with Crippen LogP contribution >= 0.6 is 0 Å². The Morgan fingerprint density at radius 3 is 2.38 bits per heavy atom. The summed E-state index contributed by atoms with van der Waals surface area (Å²) in [7, 11) is -3.28. The molecule has 114 valence electrons. The molecule has 0 saturated heterocycles. The molecule has 1 N–H and O–H groups in total. The second kappa shape index (κ2) is 6.45. The second-order valence-corrected chi connectivity index (χ2v) is 7.43. The van der Waals surface area contributed by atoms with Gasteiger partial charge in [-0.05, 0) is 45.0 Å². The average molecular weight is 307 g/mol. The number of hydrogen-bond donors (Lipinski definition) is 1. The fourth-order valence-corrected chi connectivity index (χ4v) is 3.76. The zero-order chi connectivity index (χ0) is 15.5. The van der Waals surface area contributed by atoms with Crippen LogP contribution in [-0.4, -0.2) is 20.2 Å². The molecule has 2 aromatic rings. The van der Waals surface area contributed by atoms with Crippen molar-refractivity contribution in [3.8, 4) is 0 Å². The third-order valence-electron chi connectivity index (χ3n) is 3.35. The van der Waals surface area contributed by atoms with Crippen molar-refractivity contribution in [3.63, 3.8) is 0 Å². The van der Waals surface area contributed by atoms with Crippen molar-refractivity contribution in [2.24, 2.45) is 0 Å². The summed E-state index contributed by atoms with van der Waals surface area (Å²) < 4.78 is 30.0. The minimum Gasteiger partial charge on any atom is -0.468 e. The second-order valence-electron chi connectivity index (χ2n) is 5.40. The van der Waals surface area contributed by atoms with E-state index in [0.717, 1.165) is 11.3 Å². The molecule has 0 amide bonds. The van der Waals surface area contributed by atoms with E-state index >= 15 is 0 Å². The van der Waals surface area contributed by atoms with Gasteiger partial charge in [0, 0.05) is 6.04 Å². The van der Waals surface area contributed by atoms with Crippen LogP contribution in [-0.2, 0) is 9.84 Å². The third kappa shape index (κ3) is 4.19. The number of rotatable bonds is 6. The van der Waals surface area contributed by atoms with E-state index in [2.05, 4.69) is 5.32 Å². The van der Waals surface area contributed by atoms with Crippen molar-refractivity contribution in [1.29, 1.82) is 0 Å². The first-order chi connectivity index (χ1) is 9.88. The fraction of sp³-hybridized carbons (Fsp3) is 0.375. The number of nitrogens with one attached hydrogen (secondary N) is 1. The van der Waals surface area contributed by atoms with Crippen molar-refractivity contribution < 1.29 is 12.8 Å². The monoisotopic (exact) mass is 307 g/mol. The molecule has 5 heteroatoms. The molecule has 0 bridgehead atoms. The predicted octanol–water partition coefficient (Wildman–Crippen LogP) is 3.10. The lowest BCUT2D eigenvalue weighted by Gasteiger charge is -2.18. The maximum atomic E-state index is 12.4. The summed E-state index contributed by atoms with van der Waals surface area (Å²) in [5.41, 5.74) is 1.05. The zero-order valence-corrected chi connectivity index (χ0v) is 13.4. The molecule has 1 heterocycles. The first kappa shape index (κ1) is 15.8. The number of benzene rings is 1. The Balaban J connectivity index is 2.01. The lowest BCUT2D eigenvalue weighted by atomic mass is 10.2. The van der Waals surface area contributed by atoms with Gasteiger partial charge in [0.1, 0.15) is 5.76 Å². The van der Waals surface area contributed by atoms with E-state index in [9.17, 15) is 8.42 Å². The van der Waals surface area contributed by atoms with Gasteiger partial charge in [0.05, 0.1) is 23.0 Å². The maximum absolute atomic E-state index is 12.4. The molecule has 0 fully saturated rings. The van der Waals surface area contributed by atoms with E-state index in [1.54, 1.807) is 18.4 Å². The smallest absolute Gasteiger partial charge is 0.179 e. The zero-order valence-electron chi connectivity index (χ0n) is 12.5. The Morgan fingerprint density at radius 1 is 1.14 bits per heavy atom. The van der Waals surface area contributed by atoms with Gasteiger partial charge in [-0.2, -0.15) is 0 Å². The molecule has 0 spiro atoms. The van der Waals surface area contributed by atoms with Crippen LogP contribution in [0.5, 0.6) is 0 Å². The van der Waals surface area contributed by atoms with Crippen LogP contribution in [0.2, 0.25) is 0 Å². The standard InChI is InChI=1S/C16H21NO3S/c1-12-6-8-15(9-7-12)21(18,19)11-13(2)17-14(3)16-5-4-10-20-16/h4-10,13-14,17H,11H2,1-3H3/t13-,14-/m1/s1. The number of hydrogen-bond acceptors (Lipinski definition) is 4. The Kier molecular flexibility index (Phi) is 4.85. The molecule has 0 radical (unpaired) electrons. The summed E-state index contributed by atoms with van der Waals surface area (Å²) in [5, 5.41) is 3.25. The topological polar surface area (TPSA) is 59.3 Å². The summed E-state index contributed by atoms with van der Waals surface area (Å²) in [5.74, 6) is 0.857. The van der Waals surface area contributed by atoms with Gasteiger partial charge in [-0.3, -0.25) is 0 Å². The molecule has 1 aromatic carbocycles. The molecule has 0 aliphatic rings. The molecule has 2 rings (SSSR count). The van der Waals surface area contributed by atoms with Gasteiger partial charge in [-0.1, -0.05) is 17.7 Å². The van der Waals surface area contributed by atoms with E-state index in [-0.39, 0.29) is 17.8 Å². The minimum absolute atomic E-state index is 0.0248. The number of sulfone groups is 1. The van der Waals surface area contributed by atoms with Crippen LogP contribution in [0.25, 0.3) is 0 Å². The summed E-state index contributed by atoms with van der Waals surface area (Å²) in [6.45, 7) is 5.75. The molecular weight excluding hydrogens is 286 g/mol. The molecule has 0 unspecified atom stereocenters. The van der Waals surface area contributed by atoms with E-state index in [1.165, 1.54) is 0 Å². The lowest BCUT2D eigenvalue weighted by molar-refractivity contribution is 0.408. The van der Waals surface area contributed by atoms with E-state index < -0.39 is 9.84 Å². The van der Waals surface area contributed by atoms with Crippen molar-refractivity contribution in [3.05, 3.63) is 54.0 Å². The quantitative estimate of drug-likeness (QED) is 0.891. The van der Waals surface area contributed by atoms with E-state index in [0.29, 0.717) is 4.90 Å². The van der Waals surface area contributed by atoms with Gasteiger partial charge in [-0.15, -0.1) is 0 Å². The van der Waals surface area contributed by atoms with E-state index in [1.807, 2.05) is 45.0 Å². The van der Waals surface area contributed by atoms with E-state index in [4.69, 9.17) is 4.42 Å². The summed E-state index contributed by atoms with van der Waals surface area (Å²) in [4.78, 5) is 0.368. The summed E-state index contributed by atoms with van der Waals surface area (Å²) >= 11 is 0. The van der Waals surface area contributed by atoms with Crippen molar-refractivity contribution in [1.82, 2.24) is 5.32 Å². The SMILES string of the molecule is Cc1ccc(S(=O)(=O)C[C@@H](C)N[C@H](C)c2ccco2)cc1. The first-order valence-electron chi connectivity index (χ1n) is 6.97. The highest BCUT2D eigenvalue weighted by molar-refractivity contribution is 7.91. The largest absolute Gasteiger partial charge is 0.468 e. The normalized spacial score (nSPS) is 14.8. The first-order valence-corrected chi connectivity index (χ1v) is 8.62. The van der Waals surface area contributed by atoms with Gasteiger partial charge in [-0.25, -0.2) is 8.42 Å². The molecule has 0 aliphatic heterocycles. The van der Waals surface area contributed by atoms with Gasteiger partial charge in [0.2, 0.25) is 0 Å². The highest BCUT2D eigenvalue weighted by Crippen LogP contribution is 2.16. The van der Waals surface area contributed by atoms with Crippen LogP contribution in [0.1, 0.15) is 31.2 Å². The van der Waals surface area contributed by atoms with Gasteiger partial charge in [0.25, 0.3) is 0 Å². The Morgan fingerprint density at radius 2 is 1.81 bits per heavy atom. The average Bonchev–Trinajstić information content (AvgIpc) is 2.92. The molecule has 21 heavy (non-hydrogen) atoms. The minimum atomic E-state index is -3.28. The number of furan rings is 1. The highest BCUT2D eigenvalue weighted by Gasteiger charge is 2.20. The van der Waals surface area contributed by atoms with Crippen LogP contribution in [0, 0.1) is 6.92 Å². The predicted molar refractivity (Wildman–Crippen MR) is 83.0 cm³/mol. The van der Waals surface area contributed by atoms with Crippen molar-refractivity contribution in [2.45, 2.75) is 37.8 Å². The van der Waals surface area contributed by atoms with Crippen LogP contribution < -0.4 is 5.32 Å². The lowest BCUT2D eigenvalue weighted by Crippen LogP contribution is -2.34. The molecule has 2 atom stereocenters. The van der Waals surface area contributed by atoms with Crippen molar-refractivity contribution >= 4 is 9.84 Å². The highest BCUT2D eigenvalue weighted by atomic mass is 32.2. The Hall–Kier alpha value is -1.59. The Bertz CT molecular complexity index is 660. The van der Waals surface area contributed by atoms with Gasteiger partial charge >= 0.3 is 0 Å². The third-order valence-corrected chi connectivity index (χ3v) is 5.28. The fourth-order valence-electron chi connectivity index (χ4n) is 2.27. The molecular formula is C16H21NO3S. The Labute approximate surface area is 126 Å². The summed E-state index contributed by atoms with van der Waals surface area (Å²) in [6.07, 6.45) is 1.61. The molecule has 4 nitrogen and oxygen atoms in total. The molecule has 1 aromatic heterocycles. The van der Waals surface area contributed by atoms with Gasteiger partial charge < -0.3 is 9.73 Å². The number of aryl methyl sites for hydroxylation is 1. The van der Waals surface area contributed by atoms with Crippen LogP contribution in [0.4, 0.5) is 0 Å². The maximum Gasteiger partial charge on any atom is 0.179 e. The van der Waals surface area contributed by atoms with Crippen LogP contribution in [0.3, 0.4) is 0 Å². The van der Waals surface area contributed by atoms with Crippen LogP contribution in [0.15, 0.2) is 52.0 Å². The summed E-state index contributed by atoms with van der Waals surface area (Å²) in [6, 6.07) is 10.5.